The van der Waals surface area contributed by atoms with Crippen LogP contribution in [0.25, 0.3) is 0 Å². The smallest absolute Gasteiger partial charge is 0.256 e. The van der Waals surface area contributed by atoms with E-state index in [9.17, 15) is 14.9 Å². The number of nitriles is 1. The molecule has 2 N–H and O–H groups in total. The summed E-state index contributed by atoms with van der Waals surface area (Å²) in [5.74, 6) is 0.266. The van der Waals surface area contributed by atoms with Gasteiger partial charge in [0.25, 0.3) is 5.91 Å². The van der Waals surface area contributed by atoms with E-state index in [0.29, 0.717) is 27.7 Å². The zero-order chi connectivity index (χ0) is 19.0. The van der Waals surface area contributed by atoms with E-state index in [0.717, 1.165) is 37.7 Å². The highest BCUT2D eigenvalue weighted by molar-refractivity contribution is 7.16. The molecule has 5 nitrogen and oxygen atoms in total. The molecule has 0 radical (unpaired) electrons. The quantitative estimate of drug-likeness (QED) is 0.829. The minimum Gasteiger partial charge on any atom is -0.326 e. The molecular weight excluding hydrogens is 358 g/mol. The van der Waals surface area contributed by atoms with Gasteiger partial charge in [-0.3, -0.25) is 9.59 Å². The Morgan fingerprint density at radius 2 is 2.00 bits per heavy atom. The zero-order valence-corrected chi connectivity index (χ0v) is 16.0. The number of fused-ring (bicyclic) bond motifs is 1. The Morgan fingerprint density at radius 1 is 1.22 bits per heavy atom. The van der Waals surface area contributed by atoms with Gasteiger partial charge in [-0.15, -0.1) is 11.3 Å². The number of rotatable bonds is 4. The monoisotopic (exact) mass is 379 g/mol. The van der Waals surface area contributed by atoms with E-state index in [4.69, 9.17) is 0 Å². The van der Waals surface area contributed by atoms with Gasteiger partial charge in [0.15, 0.2) is 0 Å². The average Bonchev–Trinajstić information content (AvgIpc) is 3.30. The molecule has 0 unspecified atom stereocenters. The number of nitrogens with one attached hydrogen (secondary N) is 2. The van der Waals surface area contributed by atoms with E-state index in [1.54, 1.807) is 24.3 Å². The van der Waals surface area contributed by atoms with Crippen LogP contribution in [0.5, 0.6) is 0 Å². The van der Waals surface area contributed by atoms with Crippen molar-refractivity contribution in [2.24, 2.45) is 11.8 Å². The summed E-state index contributed by atoms with van der Waals surface area (Å²) in [5.41, 5.74) is 2.79. The van der Waals surface area contributed by atoms with Gasteiger partial charge in [-0.1, -0.05) is 13.0 Å². The largest absolute Gasteiger partial charge is 0.326 e. The Bertz CT molecular complexity index is 957. The predicted octanol–water partition coefficient (Wildman–Crippen LogP) is 4.35. The van der Waals surface area contributed by atoms with Crippen LogP contribution < -0.4 is 10.6 Å². The van der Waals surface area contributed by atoms with Crippen molar-refractivity contribution in [3.8, 4) is 6.07 Å². The molecule has 2 aliphatic rings. The first-order chi connectivity index (χ1) is 13.1. The van der Waals surface area contributed by atoms with Crippen molar-refractivity contribution in [3.05, 3.63) is 45.8 Å². The lowest BCUT2D eigenvalue weighted by atomic mass is 9.96. The number of carbonyl (C=O) groups is 2. The van der Waals surface area contributed by atoms with E-state index in [2.05, 4.69) is 23.6 Å². The fourth-order valence-electron chi connectivity index (χ4n) is 3.61. The summed E-state index contributed by atoms with van der Waals surface area (Å²) < 4.78 is 0. The standard InChI is InChI=1S/C21H21N3O2S/c1-12-9-16(12)20(26)23-14-6-4-5-13(10-14)19(25)24-21-17(11-22)15-7-2-3-8-18(15)27-21/h4-6,10,12,16H,2-3,7-9H2,1H3,(H,23,26)(H,24,25)/t12-,16-/m1/s1. The van der Waals surface area contributed by atoms with Gasteiger partial charge < -0.3 is 10.6 Å². The molecule has 1 fully saturated rings. The average molecular weight is 379 g/mol. The van der Waals surface area contributed by atoms with E-state index < -0.39 is 0 Å². The molecule has 4 rings (SSSR count). The second-order valence-corrected chi connectivity index (χ2v) is 8.48. The fraction of sp³-hybridized carbons (Fsp3) is 0.381. The summed E-state index contributed by atoms with van der Waals surface area (Å²) in [4.78, 5) is 26.0. The summed E-state index contributed by atoms with van der Waals surface area (Å²) in [6, 6.07) is 9.19. The van der Waals surface area contributed by atoms with Crippen molar-refractivity contribution in [3.63, 3.8) is 0 Å². The van der Waals surface area contributed by atoms with Gasteiger partial charge in [-0.2, -0.15) is 5.26 Å². The van der Waals surface area contributed by atoms with Gasteiger partial charge in [-0.25, -0.2) is 0 Å². The highest BCUT2D eigenvalue weighted by Gasteiger charge is 2.39. The highest BCUT2D eigenvalue weighted by atomic mass is 32.1. The highest BCUT2D eigenvalue weighted by Crippen LogP contribution is 2.39. The summed E-state index contributed by atoms with van der Waals surface area (Å²) in [7, 11) is 0. The van der Waals surface area contributed by atoms with Gasteiger partial charge in [0, 0.05) is 22.0 Å². The van der Waals surface area contributed by atoms with Crippen molar-refractivity contribution in [1.82, 2.24) is 0 Å². The molecular formula is C21H21N3O2S. The summed E-state index contributed by atoms with van der Waals surface area (Å²) in [6.07, 6.45) is 5.03. The molecule has 2 aromatic rings. The van der Waals surface area contributed by atoms with Gasteiger partial charge in [0.1, 0.15) is 11.1 Å². The lowest BCUT2D eigenvalue weighted by molar-refractivity contribution is -0.117. The zero-order valence-electron chi connectivity index (χ0n) is 15.2. The maximum absolute atomic E-state index is 12.7. The summed E-state index contributed by atoms with van der Waals surface area (Å²) >= 11 is 1.51. The fourth-order valence-corrected chi connectivity index (χ4v) is 4.84. The molecule has 1 aromatic heterocycles. The van der Waals surface area contributed by atoms with E-state index in [1.807, 2.05) is 0 Å². The van der Waals surface area contributed by atoms with Crippen LogP contribution in [0.3, 0.4) is 0 Å². The first-order valence-corrected chi connectivity index (χ1v) is 10.2. The minimum absolute atomic E-state index is 0.0118. The van der Waals surface area contributed by atoms with Gasteiger partial charge in [0.05, 0.1) is 5.56 Å². The first-order valence-electron chi connectivity index (χ1n) is 9.33. The number of amides is 2. The van der Waals surface area contributed by atoms with Crippen molar-refractivity contribution in [1.29, 1.82) is 5.26 Å². The third kappa shape index (κ3) is 3.60. The van der Waals surface area contributed by atoms with Crippen molar-refractivity contribution >= 4 is 33.8 Å². The van der Waals surface area contributed by atoms with Gasteiger partial charge in [0.2, 0.25) is 5.91 Å². The maximum Gasteiger partial charge on any atom is 0.256 e. The molecule has 6 heteroatoms. The molecule has 1 heterocycles. The van der Waals surface area contributed by atoms with Crippen LogP contribution >= 0.6 is 11.3 Å². The SMILES string of the molecule is C[C@@H]1C[C@H]1C(=O)Nc1cccc(C(=O)Nc2sc3c(c2C#N)CCCC3)c1. The van der Waals surface area contributed by atoms with Crippen LogP contribution in [0.15, 0.2) is 24.3 Å². The number of hydrogen-bond donors (Lipinski definition) is 2. The molecule has 0 spiro atoms. The Balaban J connectivity index is 1.50. The van der Waals surface area contributed by atoms with Crippen molar-refractivity contribution < 1.29 is 9.59 Å². The molecule has 0 saturated heterocycles. The number of nitrogens with zero attached hydrogens (tertiary/aromatic N) is 1. The number of hydrogen-bond acceptors (Lipinski definition) is 4. The third-order valence-electron chi connectivity index (χ3n) is 5.35. The second kappa shape index (κ2) is 7.16. The third-order valence-corrected chi connectivity index (χ3v) is 6.56. The summed E-state index contributed by atoms with van der Waals surface area (Å²) in [6.45, 7) is 2.06. The molecule has 0 aliphatic heterocycles. The van der Waals surface area contributed by atoms with Crippen LogP contribution in [0.4, 0.5) is 10.7 Å². The van der Waals surface area contributed by atoms with Crippen molar-refractivity contribution in [2.75, 3.05) is 10.6 Å². The first kappa shape index (κ1) is 17.7. The molecule has 2 amide bonds. The van der Waals surface area contributed by atoms with E-state index in [-0.39, 0.29) is 17.7 Å². The predicted molar refractivity (Wildman–Crippen MR) is 106 cm³/mol. The minimum atomic E-state index is -0.263. The topological polar surface area (TPSA) is 82.0 Å². The number of benzene rings is 1. The second-order valence-electron chi connectivity index (χ2n) is 7.37. The van der Waals surface area contributed by atoms with Crippen LogP contribution in [-0.2, 0) is 17.6 Å². The molecule has 138 valence electrons. The number of thiophene rings is 1. The van der Waals surface area contributed by atoms with Crippen molar-refractivity contribution in [2.45, 2.75) is 39.0 Å². The van der Waals surface area contributed by atoms with Crippen LogP contribution in [0.1, 0.15) is 52.5 Å². The number of anilines is 2. The Labute approximate surface area is 162 Å². The molecule has 2 aliphatic carbocycles. The number of carbonyl (C=O) groups excluding carboxylic acids is 2. The van der Waals surface area contributed by atoms with Gasteiger partial charge >= 0.3 is 0 Å². The Kier molecular flexibility index (Phi) is 4.71. The lowest BCUT2D eigenvalue weighted by Crippen LogP contribution is -2.16. The van der Waals surface area contributed by atoms with E-state index >= 15 is 0 Å². The molecule has 1 saturated carbocycles. The molecule has 1 aromatic carbocycles. The maximum atomic E-state index is 12.7. The normalized spacial score (nSPS) is 20.3. The molecule has 27 heavy (non-hydrogen) atoms. The van der Waals surface area contributed by atoms with E-state index in [1.165, 1.54) is 16.2 Å². The Morgan fingerprint density at radius 3 is 2.74 bits per heavy atom. The molecule has 2 atom stereocenters. The van der Waals surface area contributed by atoms with Gasteiger partial charge in [-0.05, 0) is 61.8 Å². The number of aryl methyl sites for hydroxylation is 1. The summed E-state index contributed by atoms with van der Waals surface area (Å²) in [5, 5.41) is 16.0. The van der Waals surface area contributed by atoms with Crippen LogP contribution in [-0.4, -0.2) is 11.8 Å². The van der Waals surface area contributed by atoms with Crippen LogP contribution in [0, 0.1) is 23.2 Å². The van der Waals surface area contributed by atoms with Crippen LogP contribution in [0.2, 0.25) is 0 Å². The lowest BCUT2D eigenvalue weighted by Gasteiger charge is -2.09. The Hall–Kier alpha value is -2.65. The molecule has 0 bridgehead atoms.